The lowest BCUT2D eigenvalue weighted by Crippen LogP contribution is -2.40. The van der Waals surface area contributed by atoms with E-state index in [1.165, 1.54) is 4.90 Å². The fraction of sp³-hybridized carbons (Fsp3) is 0.258. The molecule has 0 unspecified atom stereocenters. The summed E-state index contributed by atoms with van der Waals surface area (Å²) in [5.41, 5.74) is 1.57. The van der Waals surface area contributed by atoms with E-state index >= 15 is 0 Å². The number of anilines is 2. The number of para-hydroxylation sites is 2. The van der Waals surface area contributed by atoms with E-state index in [0.29, 0.717) is 46.0 Å². The second kappa shape index (κ2) is 8.58. The molecule has 2 bridgehead atoms. The highest BCUT2D eigenvalue weighted by Gasteiger charge is 2.67. The largest absolute Gasteiger partial charge is 0.493 e. The highest BCUT2D eigenvalue weighted by Crippen LogP contribution is 2.65. The molecule has 0 spiro atoms. The molecule has 8 rings (SSSR count). The highest BCUT2D eigenvalue weighted by molar-refractivity contribution is 6.22. The molecule has 3 aromatic carbocycles. The SMILES string of the molecule is COc1ccccc1Oc1ccc(NC(=O)c2ccc(N3C(=O)[C@@H]4[C@@H]5C=C[C@H]([C@H]6C[C@@H]56)[C@@H]4C3=O)cc2)cc1. The quantitative estimate of drug-likeness (QED) is 0.362. The summed E-state index contributed by atoms with van der Waals surface area (Å²) in [5.74, 6) is 2.39. The number of amides is 3. The molecule has 7 nitrogen and oxygen atoms in total. The first-order chi connectivity index (χ1) is 18.5. The third kappa shape index (κ3) is 3.53. The molecule has 190 valence electrons. The van der Waals surface area contributed by atoms with Crippen LogP contribution in [0, 0.1) is 35.5 Å². The van der Waals surface area contributed by atoms with E-state index in [-0.39, 0.29) is 41.4 Å². The average Bonchev–Trinajstić information content (AvgIpc) is 3.73. The molecule has 1 aliphatic heterocycles. The minimum atomic E-state index is -0.287. The summed E-state index contributed by atoms with van der Waals surface area (Å²) in [6.07, 6.45) is 5.47. The number of allylic oxidation sites excluding steroid dienone is 2. The Labute approximate surface area is 220 Å². The van der Waals surface area contributed by atoms with Crippen molar-refractivity contribution < 1.29 is 23.9 Å². The summed E-state index contributed by atoms with van der Waals surface area (Å²) in [6, 6.07) is 21.1. The Hall–Kier alpha value is -4.39. The molecule has 38 heavy (non-hydrogen) atoms. The predicted molar refractivity (Wildman–Crippen MR) is 141 cm³/mol. The Balaban J connectivity index is 1.02. The summed E-state index contributed by atoms with van der Waals surface area (Å²) in [7, 11) is 1.59. The summed E-state index contributed by atoms with van der Waals surface area (Å²) in [5, 5.41) is 2.87. The first kappa shape index (κ1) is 22.8. The highest BCUT2D eigenvalue weighted by atomic mass is 16.5. The topological polar surface area (TPSA) is 84.9 Å². The maximum Gasteiger partial charge on any atom is 0.255 e. The van der Waals surface area contributed by atoms with Crippen LogP contribution in [0.25, 0.3) is 0 Å². The van der Waals surface area contributed by atoms with Crippen LogP contribution in [0.4, 0.5) is 11.4 Å². The molecule has 4 aliphatic carbocycles. The molecule has 0 aromatic heterocycles. The van der Waals surface area contributed by atoms with Gasteiger partial charge in [0.1, 0.15) is 5.75 Å². The number of methoxy groups -OCH3 is 1. The van der Waals surface area contributed by atoms with E-state index in [4.69, 9.17) is 9.47 Å². The predicted octanol–water partition coefficient (Wildman–Crippen LogP) is 5.30. The number of carbonyl (C=O) groups excluding carboxylic acids is 3. The van der Waals surface area contributed by atoms with Gasteiger partial charge in [-0.1, -0.05) is 24.3 Å². The molecule has 3 aromatic rings. The van der Waals surface area contributed by atoms with Crippen LogP contribution in [0.15, 0.2) is 84.9 Å². The van der Waals surface area contributed by atoms with Gasteiger partial charge in [-0.3, -0.25) is 19.3 Å². The van der Waals surface area contributed by atoms with Crippen molar-refractivity contribution >= 4 is 29.1 Å². The van der Waals surface area contributed by atoms with Crippen LogP contribution in [0.1, 0.15) is 16.8 Å². The summed E-state index contributed by atoms with van der Waals surface area (Å²) >= 11 is 0. The minimum absolute atomic E-state index is 0.0997. The van der Waals surface area contributed by atoms with E-state index in [1.54, 1.807) is 55.6 Å². The summed E-state index contributed by atoms with van der Waals surface area (Å²) in [4.78, 5) is 40.8. The Morgan fingerprint density at radius 3 is 2.03 bits per heavy atom. The van der Waals surface area contributed by atoms with Crippen molar-refractivity contribution in [2.75, 3.05) is 17.3 Å². The van der Waals surface area contributed by atoms with Gasteiger partial charge in [0.25, 0.3) is 5.91 Å². The van der Waals surface area contributed by atoms with Crippen LogP contribution in [0.3, 0.4) is 0 Å². The molecule has 7 heteroatoms. The summed E-state index contributed by atoms with van der Waals surface area (Å²) in [6.45, 7) is 0. The lowest BCUT2D eigenvalue weighted by molar-refractivity contribution is -0.124. The van der Waals surface area contributed by atoms with Gasteiger partial charge in [-0.2, -0.15) is 0 Å². The molecular formula is C31H26N2O5. The number of imide groups is 1. The molecule has 3 amide bonds. The Morgan fingerprint density at radius 2 is 1.42 bits per heavy atom. The normalized spacial score (nSPS) is 28.1. The van der Waals surface area contributed by atoms with Gasteiger partial charge in [-0.05, 0) is 90.8 Å². The van der Waals surface area contributed by atoms with Gasteiger partial charge < -0.3 is 14.8 Å². The van der Waals surface area contributed by atoms with Crippen molar-refractivity contribution in [3.63, 3.8) is 0 Å². The number of ether oxygens (including phenoxy) is 2. The maximum absolute atomic E-state index is 13.3. The van der Waals surface area contributed by atoms with Gasteiger partial charge in [0.05, 0.1) is 24.6 Å². The van der Waals surface area contributed by atoms with E-state index in [2.05, 4.69) is 17.5 Å². The number of nitrogens with zero attached hydrogens (tertiary/aromatic N) is 1. The Kier molecular flexibility index (Phi) is 5.15. The minimum Gasteiger partial charge on any atom is -0.493 e. The molecular weight excluding hydrogens is 480 g/mol. The van der Waals surface area contributed by atoms with Crippen molar-refractivity contribution in [3.05, 3.63) is 90.5 Å². The number of rotatable bonds is 6. The zero-order valence-corrected chi connectivity index (χ0v) is 20.7. The molecule has 1 heterocycles. The fourth-order valence-corrected chi connectivity index (χ4v) is 6.61. The van der Waals surface area contributed by atoms with Gasteiger partial charge in [0.2, 0.25) is 11.8 Å². The third-order valence-corrected chi connectivity index (χ3v) is 8.46. The van der Waals surface area contributed by atoms with E-state index in [1.807, 2.05) is 24.3 Å². The van der Waals surface area contributed by atoms with Crippen molar-refractivity contribution in [3.8, 4) is 17.2 Å². The van der Waals surface area contributed by atoms with Crippen LogP contribution in [-0.4, -0.2) is 24.8 Å². The maximum atomic E-state index is 13.3. The molecule has 6 atom stereocenters. The van der Waals surface area contributed by atoms with Gasteiger partial charge in [0.15, 0.2) is 11.5 Å². The van der Waals surface area contributed by atoms with Gasteiger partial charge >= 0.3 is 0 Å². The van der Waals surface area contributed by atoms with Gasteiger partial charge in [0, 0.05) is 11.3 Å². The molecule has 2 saturated carbocycles. The monoisotopic (exact) mass is 506 g/mol. The number of hydrogen-bond donors (Lipinski definition) is 1. The van der Waals surface area contributed by atoms with Crippen LogP contribution < -0.4 is 19.7 Å². The van der Waals surface area contributed by atoms with Crippen LogP contribution in [-0.2, 0) is 9.59 Å². The average molecular weight is 507 g/mol. The zero-order chi connectivity index (χ0) is 26.0. The number of hydrogen-bond acceptors (Lipinski definition) is 5. The zero-order valence-electron chi connectivity index (χ0n) is 20.7. The Bertz CT molecular complexity index is 1440. The smallest absolute Gasteiger partial charge is 0.255 e. The lowest BCUT2D eigenvalue weighted by Gasteiger charge is -2.37. The van der Waals surface area contributed by atoms with E-state index < -0.39 is 0 Å². The van der Waals surface area contributed by atoms with E-state index in [9.17, 15) is 14.4 Å². The van der Waals surface area contributed by atoms with Crippen LogP contribution >= 0.6 is 0 Å². The first-order valence-corrected chi connectivity index (χ1v) is 12.9. The second-order valence-corrected chi connectivity index (χ2v) is 10.4. The fourth-order valence-electron chi connectivity index (χ4n) is 6.61. The first-order valence-electron chi connectivity index (χ1n) is 12.9. The molecule has 5 aliphatic rings. The van der Waals surface area contributed by atoms with Crippen molar-refractivity contribution in [2.24, 2.45) is 35.5 Å². The van der Waals surface area contributed by atoms with E-state index in [0.717, 1.165) is 6.42 Å². The van der Waals surface area contributed by atoms with Crippen molar-refractivity contribution in [1.82, 2.24) is 0 Å². The van der Waals surface area contributed by atoms with Crippen molar-refractivity contribution in [2.45, 2.75) is 6.42 Å². The van der Waals surface area contributed by atoms with Crippen molar-refractivity contribution in [1.29, 1.82) is 0 Å². The Morgan fingerprint density at radius 1 is 0.816 bits per heavy atom. The second-order valence-electron chi connectivity index (χ2n) is 10.4. The lowest BCUT2D eigenvalue weighted by atomic mass is 9.63. The standard InChI is InChI=1S/C31H26N2O5/c1-37-25-4-2-3-5-26(25)38-20-12-8-18(9-13-20)32-29(34)17-6-10-19(11-7-17)33-30(35)27-21-14-15-22(24-16-23(21)24)28(27)31(33)36/h2-15,21-24,27-28H,16H2,1H3,(H,32,34)/t21-,22-,23-,24+,27+,28-/m1/s1. The molecule has 3 fully saturated rings. The summed E-state index contributed by atoms with van der Waals surface area (Å²) < 4.78 is 11.2. The number of carbonyl (C=O) groups is 3. The van der Waals surface area contributed by atoms with Gasteiger partial charge in [-0.25, -0.2) is 0 Å². The molecule has 1 N–H and O–H groups in total. The molecule has 0 radical (unpaired) electrons. The van der Waals surface area contributed by atoms with Crippen LogP contribution in [0.5, 0.6) is 17.2 Å². The molecule has 1 saturated heterocycles. The number of nitrogens with one attached hydrogen (secondary N) is 1. The van der Waals surface area contributed by atoms with Crippen LogP contribution in [0.2, 0.25) is 0 Å². The number of benzene rings is 3. The van der Waals surface area contributed by atoms with Gasteiger partial charge in [-0.15, -0.1) is 0 Å². The third-order valence-electron chi connectivity index (χ3n) is 8.46.